The van der Waals surface area contributed by atoms with Gasteiger partial charge in [0, 0.05) is 25.2 Å². The van der Waals surface area contributed by atoms with Crippen LogP contribution in [-0.4, -0.2) is 53.5 Å². The minimum atomic E-state index is -0.472. The monoisotopic (exact) mass is 230 g/mol. The molecule has 5 heteroatoms. The number of carbonyl (C=O) groups excluding carboxylic acids is 1. The van der Waals surface area contributed by atoms with E-state index < -0.39 is 5.60 Å². The van der Waals surface area contributed by atoms with Crippen molar-refractivity contribution < 1.29 is 14.6 Å². The van der Waals surface area contributed by atoms with Crippen molar-refractivity contribution >= 4 is 6.09 Å². The largest absolute Gasteiger partial charge is 0.444 e. The molecule has 5 nitrogen and oxygen atoms in total. The average molecular weight is 230 g/mol. The highest BCUT2D eigenvalue weighted by Gasteiger charge is 2.29. The van der Waals surface area contributed by atoms with Crippen LogP contribution in [0.2, 0.25) is 0 Å². The molecule has 1 saturated heterocycles. The highest BCUT2D eigenvalue weighted by Crippen LogP contribution is 2.12. The van der Waals surface area contributed by atoms with Gasteiger partial charge in [-0.25, -0.2) is 4.79 Å². The van der Waals surface area contributed by atoms with Crippen LogP contribution in [0.4, 0.5) is 4.79 Å². The summed E-state index contributed by atoms with van der Waals surface area (Å²) in [5.41, 5.74) is -0.472. The van der Waals surface area contributed by atoms with Gasteiger partial charge in [-0.2, -0.15) is 0 Å². The van der Waals surface area contributed by atoms with E-state index in [2.05, 4.69) is 5.32 Å². The molecule has 2 unspecified atom stereocenters. The van der Waals surface area contributed by atoms with Crippen molar-refractivity contribution in [1.29, 1.82) is 0 Å². The zero-order valence-electron chi connectivity index (χ0n) is 10.5. The summed E-state index contributed by atoms with van der Waals surface area (Å²) in [6.07, 6.45) is -0.306. The van der Waals surface area contributed by atoms with Crippen LogP contribution in [0.25, 0.3) is 0 Å². The van der Waals surface area contributed by atoms with Gasteiger partial charge in [0.05, 0.1) is 6.61 Å². The Bertz CT molecular complexity index is 250. The molecule has 16 heavy (non-hydrogen) atoms. The Labute approximate surface area is 96.8 Å². The zero-order chi connectivity index (χ0) is 12.3. The standard InChI is InChI=1S/C11H22N2O3/c1-8-5-13(6-9(7-14)12-8)10(15)16-11(2,3)4/h8-9,12,14H,5-7H2,1-4H3. The molecule has 0 aliphatic carbocycles. The van der Waals surface area contributed by atoms with Gasteiger partial charge in [-0.1, -0.05) is 0 Å². The Hall–Kier alpha value is -0.810. The molecule has 0 aromatic carbocycles. The first-order valence-electron chi connectivity index (χ1n) is 5.66. The SMILES string of the molecule is CC1CN(C(=O)OC(C)(C)C)CC(CO)N1. The Balaban J connectivity index is 2.55. The molecule has 0 radical (unpaired) electrons. The van der Waals surface area contributed by atoms with E-state index in [0.29, 0.717) is 13.1 Å². The number of amides is 1. The molecule has 0 spiro atoms. The topological polar surface area (TPSA) is 61.8 Å². The predicted octanol–water partition coefficient (Wildman–Crippen LogP) is 0.576. The van der Waals surface area contributed by atoms with Crippen LogP contribution < -0.4 is 5.32 Å². The van der Waals surface area contributed by atoms with Crippen LogP contribution in [0.5, 0.6) is 0 Å². The summed E-state index contributed by atoms with van der Waals surface area (Å²) < 4.78 is 5.30. The van der Waals surface area contributed by atoms with Crippen molar-refractivity contribution in [2.45, 2.75) is 45.4 Å². The molecule has 1 fully saturated rings. The Kier molecular flexibility index (Phi) is 4.15. The van der Waals surface area contributed by atoms with Crippen molar-refractivity contribution in [3.63, 3.8) is 0 Å². The lowest BCUT2D eigenvalue weighted by atomic mass is 10.1. The maximum atomic E-state index is 11.8. The van der Waals surface area contributed by atoms with Gasteiger partial charge >= 0.3 is 6.09 Å². The lowest BCUT2D eigenvalue weighted by Gasteiger charge is -2.37. The minimum absolute atomic E-state index is 0.0314. The Morgan fingerprint density at radius 1 is 1.50 bits per heavy atom. The van der Waals surface area contributed by atoms with Gasteiger partial charge in [-0.05, 0) is 27.7 Å². The molecule has 1 aliphatic rings. The number of piperazine rings is 1. The molecule has 1 rings (SSSR count). The summed E-state index contributed by atoms with van der Waals surface area (Å²) in [7, 11) is 0. The maximum absolute atomic E-state index is 11.8. The molecule has 1 heterocycles. The molecule has 0 aromatic rings. The number of hydrogen-bond acceptors (Lipinski definition) is 4. The number of aliphatic hydroxyl groups is 1. The summed E-state index contributed by atoms with van der Waals surface area (Å²) in [4.78, 5) is 13.5. The number of ether oxygens (including phenoxy) is 1. The highest BCUT2D eigenvalue weighted by molar-refractivity contribution is 5.68. The van der Waals surface area contributed by atoms with Gasteiger partial charge in [0.1, 0.15) is 5.60 Å². The lowest BCUT2D eigenvalue weighted by Crippen LogP contribution is -2.58. The first kappa shape index (κ1) is 13.3. The van der Waals surface area contributed by atoms with E-state index in [9.17, 15) is 4.79 Å². The predicted molar refractivity (Wildman–Crippen MR) is 61.3 cm³/mol. The van der Waals surface area contributed by atoms with Crippen LogP contribution in [0.15, 0.2) is 0 Å². The molecule has 94 valence electrons. The first-order chi connectivity index (χ1) is 7.31. The minimum Gasteiger partial charge on any atom is -0.444 e. The Morgan fingerprint density at radius 2 is 2.12 bits per heavy atom. The van der Waals surface area contributed by atoms with Gasteiger partial charge in [0.15, 0.2) is 0 Å². The zero-order valence-corrected chi connectivity index (χ0v) is 10.5. The second-order valence-corrected chi connectivity index (χ2v) is 5.33. The van der Waals surface area contributed by atoms with Crippen molar-refractivity contribution in [1.82, 2.24) is 10.2 Å². The second-order valence-electron chi connectivity index (χ2n) is 5.33. The summed E-state index contributed by atoms with van der Waals surface area (Å²) in [6, 6.07) is 0.120. The fourth-order valence-electron chi connectivity index (χ4n) is 1.76. The molecule has 0 bridgehead atoms. The van der Waals surface area contributed by atoms with Crippen LogP contribution in [0.1, 0.15) is 27.7 Å². The second kappa shape index (κ2) is 5.01. The summed E-state index contributed by atoms with van der Waals surface area (Å²) in [5, 5.41) is 12.3. The van der Waals surface area contributed by atoms with E-state index in [-0.39, 0.29) is 24.8 Å². The third kappa shape index (κ3) is 3.98. The number of hydrogen-bond donors (Lipinski definition) is 2. The van der Waals surface area contributed by atoms with Gasteiger partial charge < -0.3 is 20.1 Å². The number of carbonyl (C=O) groups is 1. The molecular formula is C11H22N2O3. The van der Waals surface area contributed by atoms with Crippen molar-refractivity contribution in [2.24, 2.45) is 0 Å². The van der Waals surface area contributed by atoms with Crippen LogP contribution in [0.3, 0.4) is 0 Å². The van der Waals surface area contributed by atoms with E-state index in [4.69, 9.17) is 9.84 Å². The molecule has 2 atom stereocenters. The Morgan fingerprint density at radius 3 is 2.62 bits per heavy atom. The normalized spacial score (nSPS) is 26.7. The summed E-state index contributed by atoms with van der Waals surface area (Å²) >= 11 is 0. The quantitative estimate of drug-likeness (QED) is 0.691. The van der Waals surface area contributed by atoms with Gasteiger partial charge in [0.25, 0.3) is 0 Å². The molecule has 0 aromatic heterocycles. The van der Waals surface area contributed by atoms with E-state index in [1.165, 1.54) is 0 Å². The molecular weight excluding hydrogens is 208 g/mol. The fraction of sp³-hybridized carbons (Fsp3) is 0.909. The molecule has 0 saturated carbocycles. The molecule has 1 amide bonds. The smallest absolute Gasteiger partial charge is 0.410 e. The van der Waals surface area contributed by atoms with Crippen LogP contribution in [0, 0.1) is 0 Å². The lowest BCUT2D eigenvalue weighted by molar-refractivity contribution is 0.0132. The van der Waals surface area contributed by atoms with E-state index in [1.54, 1.807) is 4.90 Å². The maximum Gasteiger partial charge on any atom is 0.410 e. The van der Waals surface area contributed by atoms with Crippen molar-refractivity contribution in [2.75, 3.05) is 19.7 Å². The van der Waals surface area contributed by atoms with E-state index >= 15 is 0 Å². The average Bonchev–Trinajstić information content (AvgIpc) is 2.14. The number of nitrogens with one attached hydrogen (secondary N) is 1. The van der Waals surface area contributed by atoms with Crippen molar-refractivity contribution in [3.8, 4) is 0 Å². The van der Waals surface area contributed by atoms with Gasteiger partial charge in [-0.3, -0.25) is 0 Å². The van der Waals surface area contributed by atoms with Gasteiger partial charge in [0.2, 0.25) is 0 Å². The fourth-order valence-corrected chi connectivity index (χ4v) is 1.76. The van der Waals surface area contributed by atoms with Crippen molar-refractivity contribution in [3.05, 3.63) is 0 Å². The third-order valence-electron chi connectivity index (χ3n) is 2.33. The highest BCUT2D eigenvalue weighted by atomic mass is 16.6. The van der Waals surface area contributed by atoms with Crippen LogP contribution >= 0.6 is 0 Å². The third-order valence-corrected chi connectivity index (χ3v) is 2.33. The van der Waals surface area contributed by atoms with Gasteiger partial charge in [-0.15, -0.1) is 0 Å². The van der Waals surface area contributed by atoms with E-state index in [1.807, 2.05) is 27.7 Å². The number of rotatable bonds is 1. The first-order valence-corrected chi connectivity index (χ1v) is 5.66. The van der Waals surface area contributed by atoms with Crippen LogP contribution in [-0.2, 0) is 4.74 Å². The van der Waals surface area contributed by atoms with E-state index in [0.717, 1.165) is 0 Å². The molecule has 1 aliphatic heterocycles. The number of aliphatic hydroxyl groups excluding tert-OH is 1. The summed E-state index contributed by atoms with van der Waals surface area (Å²) in [5.74, 6) is 0. The summed E-state index contributed by atoms with van der Waals surface area (Å²) in [6.45, 7) is 8.67. The number of nitrogens with zero attached hydrogens (tertiary/aromatic N) is 1. The molecule has 2 N–H and O–H groups in total.